The minimum Gasteiger partial charge on any atom is -0.365 e. The summed E-state index contributed by atoms with van der Waals surface area (Å²) < 4.78 is 1.08. The van der Waals surface area contributed by atoms with Crippen LogP contribution in [0.5, 0.6) is 0 Å². The van der Waals surface area contributed by atoms with Crippen LogP contribution < -0.4 is 10.6 Å². The monoisotopic (exact) mass is 336 g/mol. The van der Waals surface area contributed by atoms with Crippen molar-refractivity contribution in [1.29, 1.82) is 0 Å². The summed E-state index contributed by atoms with van der Waals surface area (Å²) in [5.41, 5.74) is 9.88. The largest absolute Gasteiger partial charge is 0.365 e. The van der Waals surface area contributed by atoms with Crippen molar-refractivity contribution in [2.75, 3.05) is 11.4 Å². The molecule has 2 nitrogen and oxygen atoms in total. The van der Waals surface area contributed by atoms with E-state index in [4.69, 9.17) is 17.3 Å². The van der Waals surface area contributed by atoms with Gasteiger partial charge < -0.3 is 10.6 Å². The SMILES string of the molecule is N[C@@H]1CN(Cc2ccc(Cl)cc2)c2ccc(Br)cc21. The van der Waals surface area contributed by atoms with Gasteiger partial charge in [-0.25, -0.2) is 0 Å². The van der Waals surface area contributed by atoms with Gasteiger partial charge in [-0.2, -0.15) is 0 Å². The van der Waals surface area contributed by atoms with Crippen LogP contribution in [0.2, 0.25) is 5.02 Å². The Morgan fingerprint density at radius 1 is 1.21 bits per heavy atom. The van der Waals surface area contributed by atoms with Crippen molar-refractivity contribution in [3.63, 3.8) is 0 Å². The molecular formula is C15H14BrClN2. The number of hydrogen-bond donors (Lipinski definition) is 1. The Morgan fingerprint density at radius 3 is 2.68 bits per heavy atom. The first-order valence-electron chi connectivity index (χ1n) is 6.18. The molecule has 1 aliphatic heterocycles. The van der Waals surface area contributed by atoms with Gasteiger partial charge in [0, 0.05) is 34.3 Å². The Labute approximate surface area is 126 Å². The van der Waals surface area contributed by atoms with E-state index in [9.17, 15) is 0 Å². The number of nitrogens with two attached hydrogens (primary N) is 1. The Kier molecular flexibility index (Phi) is 3.52. The second-order valence-electron chi connectivity index (χ2n) is 4.82. The minimum absolute atomic E-state index is 0.0831. The lowest BCUT2D eigenvalue weighted by atomic mass is 10.1. The summed E-state index contributed by atoms with van der Waals surface area (Å²) in [4.78, 5) is 2.32. The van der Waals surface area contributed by atoms with Crippen molar-refractivity contribution in [1.82, 2.24) is 0 Å². The molecule has 2 aromatic carbocycles. The lowest BCUT2D eigenvalue weighted by Crippen LogP contribution is -2.23. The fourth-order valence-corrected chi connectivity index (χ4v) is 3.01. The van der Waals surface area contributed by atoms with Crippen LogP contribution in [0.25, 0.3) is 0 Å². The number of benzene rings is 2. The summed E-state index contributed by atoms with van der Waals surface area (Å²) in [6, 6.07) is 14.4. The number of halogens is 2. The fourth-order valence-electron chi connectivity index (χ4n) is 2.50. The van der Waals surface area contributed by atoms with Crippen molar-refractivity contribution in [2.45, 2.75) is 12.6 Å². The van der Waals surface area contributed by atoms with Gasteiger partial charge >= 0.3 is 0 Å². The maximum atomic E-state index is 6.20. The van der Waals surface area contributed by atoms with Gasteiger partial charge in [0.2, 0.25) is 0 Å². The summed E-state index contributed by atoms with van der Waals surface area (Å²) in [6.07, 6.45) is 0. The highest BCUT2D eigenvalue weighted by atomic mass is 79.9. The molecule has 3 rings (SSSR count). The first-order valence-corrected chi connectivity index (χ1v) is 7.35. The van der Waals surface area contributed by atoms with Crippen LogP contribution in [0.4, 0.5) is 5.69 Å². The maximum absolute atomic E-state index is 6.20. The van der Waals surface area contributed by atoms with Crippen LogP contribution in [-0.2, 0) is 6.54 Å². The summed E-state index contributed by atoms with van der Waals surface area (Å²) in [7, 11) is 0. The molecule has 0 unspecified atom stereocenters. The minimum atomic E-state index is 0.0831. The topological polar surface area (TPSA) is 29.3 Å². The van der Waals surface area contributed by atoms with E-state index < -0.39 is 0 Å². The summed E-state index contributed by atoms with van der Waals surface area (Å²) in [5, 5.41) is 0.770. The second-order valence-corrected chi connectivity index (χ2v) is 6.17. The molecule has 2 N–H and O–H groups in total. The molecule has 0 fully saturated rings. The van der Waals surface area contributed by atoms with Crippen molar-refractivity contribution in [3.05, 3.63) is 63.1 Å². The molecule has 4 heteroatoms. The van der Waals surface area contributed by atoms with Crippen molar-refractivity contribution in [3.8, 4) is 0 Å². The zero-order valence-electron chi connectivity index (χ0n) is 10.3. The highest BCUT2D eigenvalue weighted by molar-refractivity contribution is 9.10. The van der Waals surface area contributed by atoms with Crippen molar-refractivity contribution >= 4 is 33.2 Å². The van der Waals surface area contributed by atoms with Gasteiger partial charge in [0.15, 0.2) is 0 Å². The first kappa shape index (κ1) is 13.0. The van der Waals surface area contributed by atoms with Gasteiger partial charge in [0.1, 0.15) is 0 Å². The van der Waals surface area contributed by atoms with E-state index in [0.29, 0.717) is 0 Å². The molecule has 0 saturated heterocycles. The summed E-state index contributed by atoms with van der Waals surface area (Å²) in [5.74, 6) is 0. The van der Waals surface area contributed by atoms with Gasteiger partial charge in [-0.1, -0.05) is 39.7 Å². The lowest BCUT2D eigenvalue weighted by molar-refractivity contribution is 0.720. The quantitative estimate of drug-likeness (QED) is 0.893. The van der Waals surface area contributed by atoms with Crippen LogP contribution in [0.15, 0.2) is 46.9 Å². The second kappa shape index (κ2) is 5.16. The predicted octanol–water partition coefficient (Wildman–Crippen LogP) is 4.12. The zero-order chi connectivity index (χ0) is 13.4. The maximum Gasteiger partial charge on any atom is 0.0494 e. The first-order chi connectivity index (χ1) is 9.13. The molecule has 0 amide bonds. The number of fused-ring (bicyclic) bond motifs is 1. The van der Waals surface area contributed by atoms with Crippen LogP contribution in [0.1, 0.15) is 17.2 Å². The Morgan fingerprint density at radius 2 is 1.95 bits per heavy atom. The average Bonchev–Trinajstić information content (AvgIpc) is 2.69. The van der Waals surface area contributed by atoms with E-state index in [1.165, 1.54) is 16.8 Å². The predicted molar refractivity (Wildman–Crippen MR) is 83.6 cm³/mol. The fraction of sp³-hybridized carbons (Fsp3) is 0.200. The normalized spacial score (nSPS) is 17.6. The van der Waals surface area contributed by atoms with Gasteiger partial charge in [-0.15, -0.1) is 0 Å². The standard InChI is InChI=1S/C15H14BrClN2/c16-11-3-6-15-13(7-11)14(18)9-19(15)8-10-1-4-12(17)5-2-10/h1-7,14H,8-9,18H2/t14-/m1/s1. The van der Waals surface area contributed by atoms with Crippen LogP contribution in [0.3, 0.4) is 0 Å². The van der Waals surface area contributed by atoms with Crippen molar-refractivity contribution < 1.29 is 0 Å². The van der Waals surface area contributed by atoms with Gasteiger partial charge in [-0.05, 0) is 41.5 Å². The van der Waals surface area contributed by atoms with Crippen LogP contribution in [0, 0.1) is 0 Å². The molecule has 0 aliphatic carbocycles. The Bertz CT molecular complexity index is 598. The summed E-state index contributed by atoms with van der Waals surface area (Å²) >= 11 is 9.41. The smallest absolute Gasteiger partial charge is 0.0494 e. The Hall–Kier alpha value is -1.03. The van der Waals surface area contributed by atoms with Crippen LogP contribution >= 0.6 is 27.5 Å². The molecule has 98 valence electrons. The molecule has 1 atom stereocenters. The average molecular weight is 338 g/mol. The molecule has 0 spiro atoms. The molecule has 0 aromatic heterocycles. The highest BCUT2D eigenvalue weighted by Gasteiger charge is 2.25. The van der Waals surface area contributed by atoms with Crippen LogP contribution in [-0.4, -0.2) is 6.54 Å². The lowest BCUT2D eigenvalue weighted by Gasteiger charge is -2.19. The van der Waals surface area contributed by atoms with E-state index in [2.05, 4.69) is 51.2 Å². The molecular weight excluding hydrogens is 324 g/mol. The number of rotatable bonds is 2. The highest BCUT2D eigenvalue weighted by Crippen LogP contribution is 2.36. The van der Waals surface area contributed by atoms with Gasteiger partial charge in [0.25, 0.3) is 0 Å². The van der Waals surface area contributed by atoms with E-state index >= 15 is 0 Å². The molecule has 1 heterocycles. The molecule has 0 radical (unpaired) electrons. The number of anilines is 1. The Balaban J connectivity index is 1.86. The molecule has 1 aliphatic rings. The van der Waals surface area contributed by atoms with E-state index in [-0.39, 0.29) is 6.04 Å². The third-order valence-corrected chi connectivity index (χ3v) is 4.18. The van der Waals surface area contributed by atoms with E-state index in [0.717, 1.165) is 22.6 Å². The zero-order valence-corrected chi connectivity index (χ0v) is 12.7. The van der Waals surface area contributed by atoms with E-state index in [1.807, 2.05) is 12.1 Å². The molecule has 19 heavy (non-hydrogen) atoms. The third-order valence-electron chi connectivity index (χ3n) is 3.43. The number of hydrogen-bond acceptors (Lipinski definition) is 2. The summed E-state index contributed by atoms with van der Waals surface area (Å²) in [6.45, 7) is 1.72. The third kappa shape index (κ3) is 2.64. The van der Waals surface area contributed by atoms with Crippen molar-refractivity contribution in [2.24, 2.45) is 5.73 Å². The molecule has 0 saturated carbocycles. The van der Waals surface area contributed by atoms with Gasteiger partial charge in [0.05, 0.1) is 0 Å². The number of nitrogens with zero attached hydrogens (tertiary/aromatic N) is 1. The van der Waals surface area contributed by atoms with E-state index in [1.54, 1.807) is 0 Å². The molecule has 2 aromatic rings. The molecule has 0 bridgehead atoms. The van der Waals surface area contributed by atoms with Gasteiger partial charge in [-0.3, -0.25) is 0 Å².